The predicted molar refractivity (Wildman–Crippen MR) is 102 cm³/mol. The van der Waals surface area contributed by atoms with E-state index in [0.717, 1.165) is 0 Å². The van der Waals surface area contributed by atoms with E-state index < -0.39 is 11.9 Å². The summed E-state index contributed by atoms with van der Waals surface area (Å²) in [6.07, 6.45) is 0. The van der Waals surface area contributed by atoms with Crippen LogP contribution in [0.5, 0.6) is 5.75 Å². The van der Waals surface area contributed by atoms with E-state index in [2.05, 4.69) is 15.5 Å². The second-order valence-corrected chi connectivity index (χ2v) is 5.95. The van der Waals surface area contributed by atoms with Gasteiger partial charge < -0.3 is 13.9 Å². The standard InChI is InChI=1S/C19H16ClN3O5/c1-3-27-18(25)12-6-4-11(5-7-12)17-22-23-19(28-17)21-16(24)14-10-13(20)8-9-15(14)26-2/h4-10H,3H2,1-2H3,(H,21,23,24). The van der Waals surface area contributed by atoms with Gasteiger partial charge in [-0.3, -0.25) is 10.1 Å². The van der Waals surface area contributed by atoms with Gasteiger partial charge in [0.25, 0.3) is 5.91 Å². The molecule has 28 heavy (non-hydrogen) atoms. The SMILES string of the molecule is CCOC(=O)c1ccc(-c2nnc(NC(=O)c3cc(Cl)ccc3OC)o2)cc1. The van der Waals surface area contributed by atoms with Gasteiger partial charge in [0, 0.05) is 10.6 Å². The molecule has 0 aliphatic heterocycles. The van der Waals surface area contributed by atoms with Crippen LogP contribution >= 0.6 is 11.6 Å². The number of hydrogen-bond acceptors (Lipinski definition) is 7. The van der Waals surface area contributed by atoms with Crippen molar-refractivity contribution in [2.24, 2.45) is 0 Å². The first-order valence-corrected chi connectivity index (χ1v) is 8.65. The normalized spacial score (nSPS) is 10.4. The number of nitrogens with zero attached hydrogens (tertiary/aromatic N) is 2. The summed E-state index contributed by atoms with van der Waals surface area (Å²) in [5.74, 6) is -0.379. The van der Waals surface area contributed by atoms with Crippen LogP contribution in [-0.2, 0) is 4.74 Å². The Morgan fingerprint density at radius 1 is 1.14 bits per heavy atom. The second kappa shape index (κ2) is 8.53. The minimum atomic E-state index is -0.507. The number of ether oxygens (including phenoxy) is 2. The molecule has 2 aromatic carbocycles. The largest absolute Gasteiger partial charge is 0.496 e. The first kappa shape index (κ1) is 19.4. The summed E-state index contributed by atoms with van der Waals surface area (Å²) in [6.45, 7) is 2.03. The van der Waals surface area contributed by atoms with Crippen molar-refractivity contribution in [1.29, 1.82) is 0 Å². The number of carbonyl (C=O) groups is 2. The van der Waals surface area contributed by atoms with E-state index >= 15 is 0 Å². The topological polar surface area (TPSA) is 104 Å². The maximum atomic E-state index is 12.4. The molecule has 9 heteroatoms. The Morgan fingerprint density at radius 3 is 2.57 bits per heavy atom. The molecule has 0 saturated heterocycles. The molecule has 0 spiro atoms. The Balaban J connectivity index is 1.75. The average Bonchev–Trinajstić information content (AvgIpc) is 3.16. The molecule has 3 aromatic rings. The number of nitrogens with one attached hydrogen (secondary N) is 1. The van der Waals surface area contributed by atoms with E-state index in [1.165, 1.54) is 13.2 Å². The number of halogens is 1. The van der Waals surface area contributed by atoms with Gasteiger partial charge in [0.2, 0.25) is 5.89 Å². The third-order valence-corrected chi connectivity index (χ3v) is 3.93. The van der Waals surface area contributed by atoms with E-state index in [9.17, 15) is 9.59 Å². The molecule has 0 saturated carbocycles. The highest BCUT2D eigenvalue weighted by atomic mass is 35.5. The maximum Gasteiger partial charge on any atom is 0.338 e. The molecule has 0 radical (unpaired) electrons. The van der Waals surface area contributed by atoms with Crippen LogP contribution in [0.2, 0.25) is 5.02 Å². The van der Waals surface area contributed by atoms with E-state index in [0.29, 0.717) is 28.5 Å². The summed E-state index contributed by atoms with van der Waals surface area (Å²) in [4.78, 5) is 24.1. The molecule has 0 bridgehead atoms. The van der Waals surface area contributed by atoms with E-state index in [1.807, 2.05) is 0 Å². The van der Waals surface area contributed by atoms with E-state index in [4.69, 9.17) is 25.5 Å². The molecule has 0 atom stereocenters. The van der Waals surface area contributed by atoms with Crippen molar-refractivity contribution < 1.29 is 23.5 Å². The van der Waals surface area contributed by atoms with Crippen molar-refractivity contribution in [3.8, 4) is 17.2 Å². The number of hydrogen-bond donors (Lipinski definition) is 1. The average molecular weight is 402 g/mol. The molecule has 0 fully saturated rings. The first-order valence-electron chi connectivity index (χ1n) is 8.27. The van der Waals surface area contributed by atoms with Crippen molar-refractivity contribution in [1.82, 2.24) is 10.2 Å². The third kappa shape index (κ3) is 4.29. The number of anilines is 1. The van der Waals surface area contributed by atoms with Gasteiger partial charge >= 0.3 is 12.0 Å². The monoisotopic (exact) mass is 401 g/mol. The Morgan fingerprint density at radius 2 is 1.89 bits per heavy atom. The fourth-order valence-corrected chi connectivity index (χ4v) is 2.55. The van der Waals surface area contributed by atoms with Crippen molar-refractivity contribution in [2.45, 2.75) is 6.92 Å². The lowest BCUT2D eigenvalue weighted by atomic mass is 10.1. The lowest BCUT2D eigenvalue weighted by Gasteiger charge is -2.07. The zero-order chi connectivity index (χ0) is 20.1. The molecular formula is C19H16ClN3O5. The van der Waals surface area contributed by atoms with Crippen LogP contribution in [0.3, 0.4) is 0 Å². The number of methoxy groups -OCH3 is 1. The van der Waals surface area contributed by atoms with Crippen LogP contribution < -0.4 is 10.1 Å². The Kier molecular flexibility index (Phi) is 5.90. The van der Waals surface area contributed by atoms with Crippen molar-refractivity contribution in [2.75, 3.05) is 19.0 Å². The van der Waals surface area contributed by atoms with Crippen molar-refractivity contribution in [3.63, 3.8) is 0 Å². The fraction of sp³-hybridized carbons (Fsp3) is 0.158. The fourth-order valence-electron chi connectivity index (χ4n) is 2.38. The molecule has 1 heterocycles. The molecular weight excluding hydrogens is 386 g/mol. The highest BCUT2D eigenvalue weighted by Gasteiger charge is 2.17. The zero-order valence-electron chi connectivity index (χ0n) is 15.1. The number of rotatable bonds is 6. The van der Waals surface area contributed by atoms with Gasteiger partial charge in [0.1, 0.15) is 5.75 Å². The van der Waals surface area contributed by atoms with Gasteiger partial charge in [-0.1, -0.05) is 16.7 Å². The van der Waals surface area contributed by atoms with Gasteiger partial charge in [0.15, 0.2) is 0 Å². The van der Waals surface area contributed by atoms with Gasteiger partial charge in [-0.25, -0.2) is 4.79 Å². The van der Waals surface area contributed by atoms with Gasteiger partial charge in [-0.15, -0.1) is 5.10 Å². The predicted octanol–water partition coefficient (Wildman–Crippen LogP) is 3.83. The number of amides is 1. The molecule has 0 aliphatic carbocycles. The van der Waals surface area contributed by atoms with Crippen LogP contribution in [0.15, 0.2) is 46.9 Å². The van der Waals surface area contributed by atoms with Gasteiger partial charge in [-0.05, 0) is 49.4 Å². The smallest absolute Gasteiger partial charge is 0.338 e. The maximum absolute atomic E-state index is 12.4. The summed E-state index contributed by atoms with van der Waals surface area (Å²) < 4.78 is 15.6. The number of esters is 1. The Bertz CT molecular complexity index is 1000. The zero-order valence-corrected chi connectivity index (χ0v) is 15.8. The highest BCUT2D eigenvalue weighted by Crippen LogP contribution is 2.25. The molecule has 0 unspecified atom stereocenters. The quantitative estimate of drug-likeness (QED) is 0.626. The van der Waals surface area contributed by atoms with E-state index in [-0.39, 0.29) is 17.5 Å². The Hall–Kier alpha value is -3.39. The van der Waals surface area contributed by atoms with Crippen molar-refractivity contribution >= 4 is 29.5 Å². The summed E-state index contributed by atoms with van der Waals surface area (Å²) in [6, 6.07) is 11.1. The summed E-state index contributed by atoms with van der Waals surface area (Å²) in [7, 11) is 1.45. The minimum Gasteiger partial charge on any atom is -0.496 e. The molecule has 1 N–H and O–H groups in total. The summed E-state index contributed by atoms with van der Waals surface area (Å²) >= 11 is 5.94. The van der Waals surface area contributed by atoms with E-state index in [1.54, 1.807) is 43.3 Å². The van der Waals surface area contributed by atoms with Crippen LogP contribution in [-0.4, -0.2) is 35.8 Å². The molecule has 3 rings (SSSR count). The lowest BCUT2D eigenvalue weighted by molar-refractivity contribution is 0.0526. The summed E-state index contributed by atoms with van der Waals surface area (Å²) in [5.41, 5.74) is 1.22. The van der Waals surface area contributed by atoms with Crippen LogP contribution in [0.4, 0.5) is 6.01 Å². The van der Waals surface area contributed by atoms with Crippen LogP contribution in [0.1, 0.15) is 27.6 Å². The Labute approximate surface area is 165 Å². The molecule has 8 nitrogen and oxygen atoms in total. The first-order chi connectivity index (χ1) is 13.5. The highest BCUT2D eigenvalue weighted by molar-refractivity contribution is 6.31. The number of aromatic nitrogens is 2. The van der Waals surface area contributed by atoms with Gasteiger partial charge in [-0.2, -0.15) is 0 Å². The number of benzene rings is 2. The molecule has 144 valence electrons. The van der Waals surface area contributed by atoms with Crippen molar-refractivity contribution in [3.05, 3.63) is 58.6 Å². The second-order valence-electron chi connectivity index (χ2n) is 5.51. The molecule has 0 aliphatic rings. The molecule has 1 amide bonds. The third-order valence-electron chi connectivity index (χ3n) is 3.69. The lowest BCUT2D eigenvalue weighted by Crippen LogP contribution is -2.13. The minimum absolute atomic E-state index is 0.0866. The van der Waals surface area contributed by atoms with Crippen LogP contribution in [0.25, 0.3) is 11.5 Å². The van der Waals surface area contributed by atoms with Gasteiger partial charge in [0.05, 0.1) is 24.8 Å². The summed E-state index contributed by atoms with van der Waals surface area (Å²) in [5, 5.41) is 10.6. The molecule has 1 aromatic heterocycles. The number of carbonyl (C=O) groups excluding carboxylic acids is 2. The van der Waals surface area contributed by atoms with Crippen LogP contribution in [0, 0.1) is 0 Å².